The van der Waals surface area contributed by atoms with E-state index < -0.39 is 5.97 Å². The Balaban J connectivity index is 2.00. The predicted octanol–water partition coefficient (Wildman–Crippen LogP) is 2.61. The maximum atomic E-state index is 10.9. The Morgan fingerprint density at radius 1 is 1.28 bits per heavy atom. The fraction of sp³-hybridized carbons (Fsp3) is 0.214. The Labute approximate surface area is 105 Å². The summed E-state index contributed by atoms with van der Waals surface area (Å²) < 4.78 is 5.27. The molecule has 1 heterocycles. The number of hydrogen-bond donors (Lipinski definition) is 1. The van der Waals surface area contributed by atoms with Crippen LogP contribution in [0.25, 0.3) is 0 Å². The normalized spacial score (nSPS) is 10.8. The summed E-state index contributed by atoms with van der Waals surface area (Å²) in [6.07, 6.45) is 1.65. The largest absolute Gasteiger partial charge is 0.478 e. The number of aromatic carboxylic acids is 1. The van der Waals surface area contributed by atoms with Crippen molar-refractivity contribution < 1.29 is 14.3 Å². The van der Waals surface area contributed by atoms with Crippen molar-refractivity contribution in [2.45, 2.75) is 13.1 Å². The lowest BCUT2D eigenvalue weighted by Crippen LogP contribution is -2.17. The monoisotopic (exact) mass is 245 g/mol. The summed E-state index contributed by atoms with van der Waals surface area (Å²) in [5.41, 5.74) is 1.29. The van der Waals surface area contributed by atoms with Crippen molar-refractivity contribution in [3.8, 4) is 0 Å². The van der Waals surface area contributed by atoms with Gasteiger partial charge in [-0.05, 0) is 36.9 Å². The minimum Gasteiger partial charge on any atom is -0.478 e. The van der Waals surface area contributed by atoms with E-state index in [2.05, 4.69) is 4.90 Å². The van der Waals surface area contributed by atoms with Crippen LogP contribution in [-0.2, 0) is 13.1 Å². The Bertz CT molecular complexity index is 520. The first-order chi connectivity index (χ1) is 8.65. The van der Waals surface area contributed by atoms with E-state index in [4.69, 9.17) is 9.52 Å². The zero-order valence-electron chi connectivity index (χ0n) is 10.2. The van der Waals surface area contributed by atoms with Gasteiger partial charge in [0, 0.05) is 6.54 Å². The maximum absolute atomic E-state index is 10.9. The molecule has 0 radical (unpaired) electrons. The van der Waals surface area contributed by atoms with E-state index in [9.17, 15) is 4.79 Å². The summed E-state index contributed by atoms with van der Waals surface area (Å²) in [5, 5.41) is 8.92. The maximum Gasteiger partial charge on any atom is 0.335 e. The number of carbonyl (C=O) groups is 1. The zero-order valence-corrected chi connectivity index (χ0v) is 10.2. The molecule has 1 aromatic heterocycles. The molecule has 0 aliphatic rings. The van der Waals surface area contributed by atoms with Gasteiger partial charge in [-0.2, -0.15) is 0 Å². The lowest BCUT2D eigenvalue weighted by atomic mass is 10.1. The van der Waals surface area contributed by atoms with Crippen molar-refractivity contribution >= 4 is 5.97 Å². The zero-order chi connectivity index (χ0) is 13.0. The molecule has 0 bridgehead atoms. The van der Waals surface area contributed by atoms with E-state index in [1.807, 2.05) is 25.2 Å². The van der Waals surface area contributed by atoms with Crippen molar-refractivity contribution in [2.24, 2.45) is 0 Å². The molecule has 0 amide bonds. The second-order valence-corrected chi connectivity index (χ2v) is 4.26. The molecule has 0 aliphatic heterocycles. The number of carboxylic acids is 1. The minimum atomic E-state index is -0.898. The highest BCUT2D eigenvalue weighted by Crippen LogP contribution is 2.10. The van der Waals surface area contributed by atoms with Gasteiger partial charge in [0.25, 0.3) is 0 Å². The number of rotatable bonds is 5. The third kappa shape index (κ3) is 3.21. The average Bonchev–Trinajstić information content (AvgIpc) is 2.82. The molecule has 4 heteroatoms. The number of carboxylic acid groups (broad SMARTS) is 1. The Kier molecular flexibility index (Phi) is 3.79. The number of benzene rings is 1. The standard InChI is InChI=1S/C14H15NO3/c1-15(10-13-6-3-7-18-13)9-11-4-2-5-12(8-11)14(16)17/h2-8H,9-10H2,1H3,(H,16,17). The van der Waals surface area contributed by atoms with Crippen LogP contribution in [-0.4, -0.2) is 23.0 Å². The summed E-state index contributed by atoms with van der Waals surface area (Å²) in [5.74, 6) is -0.00238. The van der Waals surface area contributed by atoms with Gasteiger partial charge in [0.15, 0.2) is 0 Å². The van der Waals surface area contributed by atoms with Crippen molar-refractivity contribution in [3.63, 3.8) is 0 Å². The highest BCUT2D eigenvalue weighted by molar-refractivity contribution is 5.87. The van der Waals surface area contributed by atoms with Gasteiger partial charge in [-0.3, -0.25) is 4.90 Å². The summed E-state index contributed by atoms with van der Waals surface area (Å²) in [6.45, 7) is 1.38. The molecule has 0 saturated heterocycles. The van der Waals surface area contributed by atoms with Crippen LogP contribution in [0.5, 0.6) is 0 Å². The Morgan fingerprint density at radius 2 is 2.11 bits per heavy atom. The van der Waals surface area contributed by atoms with Gasteiger partial charge < -0.3 is 9.52 Å². The summed E-state index contributed by atoms with van der Waals surface area (Å²) in [4.78, 5) is 12.9. The van der Waals surface area contributed by atoms with Gasteiger partial charge in [0.2, 0.25) is 0 Å². The van der Waals surface area contributed by atoms with Crippen LogP contribution in [0.2, 0.25) is 0 Å². The van der Waals surface area contributed by atoms with Crippen LogP contribution in [0.1, 0.15) is 21.7 Å². The van der Waals surface area contributed by atoms with Gasteiger partial charge in [0.05, 0.1) is 18.4 Å². The summed E-state index contributed by atoms with van der Waals surface area (Å²) in [7, 11) is 1.97. The molecule has 0 fully saturated rings. The van der Waals surface area contributed by atoms with Gasteiger partial charge in [-0.1, -0.05) is 12.1 Å². The summed E-state index contributed by atoms with van der Waals surface area (Å²) in [6, 6.07) is 10.8. The van der Waals surface area contributed by atoms with Crippen LogP contribution >= 0.6 is 0 Å². The minimum absolute atomic E-state index is 0.318. The second kappa shape index (κ2) is 5.51. The Morgan fingerprint density at radius 3 is 2.78 bits per heavy atom. The van der Waals surface area contributed by atoms with E-state index in [1.165, 1.54) is 0 Å². The third-order valence-corrected chi connectivity index (χ3v) is 2.63. The molecule has 1 aromatic carbocycles. The van der Waals surface area contributed by atoms with Crippen LogP contribution in [0.3, 0.4) is 0 Å². The van der Waals surface area contributed by atoms with Crippen molar-refractivity contribution in [3.05, 3.63) is 59.5 Å². The first-order valence-electron chi connectivity index (χ1n) is 5.68. The second-order valence-electron chi connectivity index (χ2n) is 4.26. The van der Waals surface area contributed by atoms with E-state index in [-0.39, 0.29) is 0 Å². The fourth-order valence-corrected chi connectivity index (χ4v) is 1.84. The van der Waals surface area contributed by atoms with Crippen LogP contribution in [0.4, 0.5) is 0 Å². The van der Waals surface area contributed by atoms with Crippen molar-refractivity contribution in [1.82, 2.24) is 4.90 Å². The first kappa shape index (κ1) is 12.4. The first-order valence-corrected chi connectivity index (χ1v) is 5.68. The molecule has 0 atom stereocenters. The number of nitrogens with zero attached hydrogens (tertiary/aromatic N) is 1. The van der Waals surface area contributed by atoms with E-state index >= 15 is 0 Å². The topological polar surface area (TPSA) is 53.7 Å². The van der Waals surface area contributed by atoms with E-state index in [0.717, 1.165) is 11.3 Å². The quantitative estimate of drug-likeness (QED) is 0.879. The molecular formula is C14H15NO3. The molecular weight excluding hydrogens is 230 g/mol. The molecule has 4 nitrogen and oxygen atoms in total. The fourth-order valence-electron chi connectivity index (χ4n) is 1.84. The van der Waals surface area contributed by atoms with Crippen molar-refractivity contribution in [1.29, 1.82) is 0 Å². The summed E-state index contributed by atoms with van der Waals surface area (Å²) >= 11 is 0. The van der Waals surface area contributed by atoms with Gasteiger partial charge in [0.1, 0.15) is 5.76 Å². The molecule has 0 aliphatic carbocycles. The molecule has 0 unspecified atom stereocenters. The lowest BCUT2D eigenvalue weighted by Gasteiger charge is -2.15. The molecule has 1 N–H and O–H groups in total. The molecule has 0 saturated carbocycles. The Hall–Kier alpha value is -2.07. The third-order valence-electron chi connectivity index (χ3n) is 2.63. The smallest absolute Gasteiger partial charge is 0.335 e. The van der Waals surface area contributed by atoms with E-state index in [0.29, 0.717) is 18.7 Å². The molecule has 94 valence electrons. The molecule has 0 spiro atoms. The highest BCUT2D eigenvalue weighted by Gasteiger charge is 2.06. The number of hydrogen-bond acceptors (Lipinski definition) is 3. The SMILES string of the molecule is CN(Cc1cccc(C(=O)O)c1)Cc1ccco1. The number of furan rings is 1. The van der Waals surface area contributed by atoms with E-state index in [1.54, 1.807) is 24.5 Å². The van der Waals surface area contributed by atoms with Crippen LogP contribution < -0.4 is 0 Å². The molecule has 2 aromatic rings. The predicted molar refractivity (Wildman–Crippen MR) is 67.3 cm³/mol. The molecule has 18 heavy (non-hydrogen) atoms. The lowest BCUT2D eigenvalue weighted by molar-refractivity contribution is 0.0696. The van der Waals surface area contributed by atoms with Gasteiger partial charge in [-0.25, -0.2) is 4.79 Å². The van der Waals surface area contributed by atoms with Gasteiger partial charge in [-0.15, -0.1) is 0 Å². The van der Waals surface area contributed by atoms with Crippen LogP contribution in [0.15, 0.2) is 47.1 Å². The highest BCUT2D eigenvalue weighted by atomic mass is 16.4. The van der Waals surface area contributed by atoms with Crippen LogP contribution in [0, 0.1) is 0 Å². The average molecular weight is 245 g/mol. The van der Waals surface area contributed by atoms with Gasteiger partial charge >= 0.3 is 5.97 Å². The van der Waals surface area contributed by atoms with Crippen molar-refractivity contribution in [2.75, 3.05) is 7.05 Å². The molecule has 2 rings (SSSR count).